The molecule has 0 aromatic rings. The van der Waals surface area contributed by atoms with Crippen LogP contribution in [-0.4, -0.2) is 47.7 Å². The van der Waals surface area contributed by atoms with E-state index in [1.165, 1.54) is 12.8 Å². The van der Waals surface area contributed by atoms with Gasteiger partial charge in [-0.25, -0.2) is 0 Å². The summed E-state index contributed by atoms with van der Waals surface area (Å²) in [7, 11) is 0. The van der Waals surface area contributed by atoms with Crippen molar-refractivity contribution >= 4 is 5.91 Å². The Hall–Kier alpha value is -0.610. The van der Waals surface area contributed by atoms with Gasteiger partial charge in [-0.3, -0.25) is 4.79 Å². The first kappa shape index (κ1) is 13.8. The van der Waals surface area contributed by atoms with E-state index in [0.29, 0.717) is 13.1 Å². The Bertz CT molecular complexity index is 267. The molecule has 1 aliphatic carbocycles. The molecule has 1 aliphatic heterocycles. The second-order valence-corrected chi connectivity index (χ2v) is 5.83. The van der Waals surface area contributed by atoms with Gasteiger partial charge in [-0.05, 0) is 25.7 Å². The molecule has 1 saturated heterocycles. The summed E-state index contributed by atoms with van der Waals surface area (Å²) in [5, 5.41) is 13.3. The van der Waals surface area contributed by atoms with Gasteiger partial charge >= 0.3 is 0 Å². The minimum Gasteiger partial charge on any atom is -0.389 e. The van der Waals surface area contributed by atoms with Crippen molar-refractivity contribution in [2.45, 2.75) is 57.0 Å². The van der Waals surface area contributed by atoms with E-state index < -0.39 is 5.60 Å². The van der Waals surface area contributed by atoms with Crippen LogP contribution in [0.3, 0.4) is 0 Å². The summed E-state index contributed by atoms with van der Waals surface area (Å²) >= 11 is 0. The van der Waals surface area contributed by atoms with E-state index >= 15 is 0 Å². The molecule has 0 atom stereocenters. The van der Waals surface area contributed by atoms with Crippen molar-refractivity contribution in [1.29, 1.82) is 0 Å². The lowest BCUT2D eigenvalue weighted by atomic mass is 10.0. The van der Waals surface area contributed by atoms with Gasteiger partial charge in [-0.15, -0.1) is 0 Å². The van der Waals surface area contributed by atoms with Crippen LogP contribution in [0.4, 0.5) is 0 Å². The van der Waals surface area contributed by atoms with Crippen LogP contribution in [0, 0.1) is 0 Å². The topological polar surface area (TPSA) is 52.6 Å². The molecule has 0 bridgehead atoms. The van der Waals surface area contributed by atoms with Crippen LogP contribution >= 0.6 is 0 Å². The van der Waals surface area contributed by atoms with Crippen LogP contribution < -0.4 is 5.32 Å². The van der Waals surface area contributed by atoms with E-state index in [9.17, 15) is 9.90 Å². The lowest BCUT2D eigenvalue weighted by molar-refractivity contribution is -0.130. The van der Waals surface area contributed by atoms with Crippen molar-refractivity contribution in [2.75, 3.05) is 26.2 Å². The first-order valence-corrected chi connectivity index (χ1v) is 7.41. The maximum absolute atomic E-state index is 12.0. The monoisotopic (exact) mass is 254 g/mol. The summed E-state index contributed by atoms with van der Waals surface area (Å²) in [6.45, 7) is 2.75. The molecule has 0 spiro atoms. The minimum absolute atomic E-state index is 0.193. The van der Waals surface area contributed by atoms with E-state index in [1.807, 2.05) is 4.90 Å². The molecule has 1 saturated carbocycles. The molecular weight excluding hydrogens is 228 g/mol. The Morgan fingerprint density at radius 1 is 1.06 bits per heavy atom. The number of nitrogens with one attached hydrogen (secondary N) is 1. The van der Waals surface area contributed by atoms with E-state index in [4.69, 9.17) is 0 Å². The summed E-state index contributed by atoms with van der Waals surface area (Å²) in [6, 6.07) is 0. The fourth-order valence-corrected chi connectivity index (χ4v) is 3.04. The van der Waals surface area contributed by atoms with Crippen LogP contribution in [0.2, 0.25) is 0 Å². The van der Waals surface area contributed by atoms with Gasteiger partial charge in [-0.2, -0.15) is 0 Å². The largest absolute Gasteiger partial charge is 0.389 e. The van der Waals surface area contributed by atoms with Crippen molar-refractivity contribution in [3.63, 3.8) is 0 Å². The smallest absolute Gasteiger partial charge is 0.236 e. The van der Waals surface area contributed by atoms with Gasteiger partial charge in [0, 0.05) is 19.6 Å². The highest BCUT2D eigenvalue weighted by molar-refractivity contribution is 5.78. The summed E-state index contributed by atoms with van der Waals surface area (Å²) in [4.78, 5) is 14.0. The molecule has 2 fully saturated rings. The summed E-state index contributed by atoms with van der Waals surface area (Å²) in [5.74, 6) is 0.193. The Labute approximate surface area is 110 Å². The fraction of sp³-hybridized carbons (Fsp3) is 0.929. The molecule has 1 heterocycles. The average molecular weight is 254 g/mol. The summed E-state index contributed by atoms with van der Waals surface area (Å²) < 4.78 is 0. The lowest BCUT2D eigenvalue weighted by Gasteiger charge is -2.24. The third-order valence-electron chi connectivity index (χ3n) is 4.22. The predicted octanol–water partition coefficient (Wildman–Crippen LogP) is 1.28. The van der Waals surface area contributed by atoms with Crippen LogP contribution in [0.25, 0.3) is 0 Å². The number of hydrogen-bond acceptors (Lipinski definition) is 3. The normalized spacial score (nSPS) is 23.9. The van der Waals surface area contributed by atoms with Gasteiger partial charge in [0.15, 0.2) is 0 Å². The number of carbonyl (C=O) groups is 1. The van der Waals surface area contributed by atoms with Crippen LogP contribution in [0.15, 0.2) is 0 Å². The van der Waals surface area contributed by atoms with Gasteiger partial charge < -0.3 is 15.3 Å². The molecule has 0 aromatic heterocycles. The number of likely N-dealkylation sites (tertiary alicyclic amines) is 1. The second-order valence-electron chi connectivity index (χ2n) is 5.83. The molecule has 1 amide bonds. The highest BCUT2D eigenvalue weighted by atomic mass is 16.3. The number of hydrogen-bond donors (Lipinski definition) is 2. The second kappa shape index (κ2) is 6.53. The van der Waals surface area contributed by atoms with Gasteiger partial charge in [-0.1, -0.05) is 25.7 Å². The van der Waals surface area contributed by atoms with Crippen molar-refractivity contribution in [3.05, 3.63) is 0 Å². The number of nitrogens with zero attached hydrogens (tertiary/aromatic N) is 1. The predicted molar refractivity (Wildman–Crippen MR) is 71.3 cm³/mol. The maximum Gasteiger partial charge on any atom is 0.236 e. The van der Waals surface area contributed by atoms with Gasteiger partial charge in [0.1, 0.15) is 0 Å². The molecule has 2 rings (SSSR count). The molecular formula is C14H26N2O2. The third-order valence-corrected chi connectivity index (χ3v) is 4.22. The standard InChI is InChI=1S/C14H26N2O2/c17-13(16-9-5-1-2-6-10-16)11-15-12-14(18)7-3-4-8-14/h15,18H,1-12H2. The van der Waals surface area contributed by atoms with E-state index in [-0.39, 0.29) is 5.91 Å². The number of aliphatic hydroxyl groups is 1. The molecule has 2 N–H and O–H groups in total. The summed E-state index contributed by atoms with van der Waals surface area (Å²) in [6.07, 6.45) is 8.73. The first-order valence-electron chi connectivity index (χ1n) is 7.41. The van der Waals surface area contributed by atoms with E-state index in [0.717, 1.165) is 51.6 Å². The zero-order valence-electron chi connectivity index (χ0n) is 11.3. The minimum atomic E-state index is -0.556. The molecule has 104 valence electrons. The Morgan fingerprint density at radius 3 is 2.28 bits per heavy atom. The van der Waals surface area contributed by atoms with E-state index in [2.05, 4.69) is 5.32 Å². The Balaban J connectivity index is 1.67. The fourth-order valence-electron chi connectivity index (χ4n) is 3.04. The maximum atomic E-state index is 12.0. The molecule has 0 radical (unpaired) electrons. The van der Waals surface area contributed by atoms with Crippen LogP contribution in [-0.2, 0) is 4.79 Å². The molecule has 4 heteroatoms. The Kier molecular flexibility index (Phi) is 5.01. The first-order chi connectivity index (χ1) is 8.70. The van der Waals surface area contributed by atoms with Crippen molar-refractivity contribution in [2.24, 2.45) is 0 Å². The Morgan fingerprint density at radius 2 is 1.67 bits per heavy atom. The van der Waals surface area contributed by atoms with Gasteiger partial charge in [0.25, 0.3) is 0 Å². The number of amides is 1. The summed E-state index contributed by atoms with van der Waals surface area (Å²) in [5.41, 5.74) is -0.556. The SMILES string of the molecule is O=C(CNCC1(O)CCCC1)N1CCCCCC1. The molecule has 0 unspecified atom stereocenters. The van der Waals surface area contributed by atoms with Crippen molar-refractivity contribution in [3.8, 4) is 0 Å². The highest BCUT2D eigenvalue weighted by Crippen LogP contribution is 2.28. The zero-order valence-corrected chi connectivity index (χ0v) is 11.3. The molecule has 4 nitrogen and oxygen atoms in total. The van der Waals surface area contributed by atoms with Crippen molar-refractivity contribution < 1.29 is 9.90 Å². The van der Waals surface area contributed by atoms with Crippen molar-refractivity contribution in [1.82, 2.24) is 10.2 Å². The van der Waals surface area contributed by atoms with E-state index in [1.54, 1.807) is 0 Å². The number of rotatable bonds is 4. The quantitative estimate of drug-likeness (QED) is 0.794. The number of carbonyl (C=O) groups excluding carboxylic acids is 1. The van der Waals surface area contributed by atoms with Crippen LogP contribution in [0.1, 0.15) is 51.4 Å². The molecule has 0 aromatic carbocycles. The average Bonchev–Trinajstić information content (AvgIpc) is 2.64. The third kappa shape index (κ3) is 3.95. The molecule has 18 heavy (non-hydrogen) atoms. The van der Waals surface area contributed by atoms with Crippen LogP contribution in [0.5, 0.6) is 0 Å². The lowest BCUT2D eigenvalue weighted by Crippen LogP contribution is -2.44. The molecule has 2 aliphatic rings. The highest BCUT2D eigenvalue weighted by Gasteiger charge is 2.30. The van der Waals surface area contributed by atoms with Gasteiger partial charge in [0.2, 0.25) is 5.91 Å². The zero-order chi connectivity index (χ0) is 12.8. The van der Waals surface area contributed by atoms with Gasteiger partial charge in [0.05, 0.1) is 12.1 Å².